The number of carbonyl (C=O) groups is 5. The Labute approximate surface area is 405 Å². The van der Waals surface area contributed by atoms with Crippen molar-refractivity contribution in [2.75, 3.05) is 35.3 Å². The van der Waals surface area contributed by atoms with Crippen molar-refractivity contribution in [2.24, 2.45) is 7.05 Å². The first kappa shape index (κ1) is 45.3. The van der Waals surface area contributed by atoms with Crippen molar-refractivity contribution >= 4 is 78.7 Å². The average Bonchev–Trinajstić information content (AvgIpc) is 3.93. The number of para-hydroxylation sites is 2. The summed E-state index contributed by atoms with van der Waals surface area (Å²) >= 11 is 1.42. The van der Waals surface area contributed by atoms with E-state index < -0.39 is 11.9 Å². The second kappa shape index (κ2) is 19.3. The van der Waals surface area contributed by atoms with Crippen molar-refractivity contribution < 1.29 is 38.6 Å². The Morgan fingerprint density at radius 2 is 1.64 bits per heavy atom. The SMILES string of the molecule is Cc1c(OCCOc2ccc(CC(=O)Nc3cccc4c(C5CCC(=O)NC5=O)nn(C)c34)cc2)cccc1-c1ccc(N2CCc3cccc(C(=O)Nc4nc5ccccc5s4)c3C2)nc1C(=O)O. The van der Waals surface area contributed by atoms with E-state index in [1.165, 1.54) is 11.3 Å². The van der Waals surface area contributed by atoms with E-state index in [1.54, 1.807) is 48.1 Å². The number of hydrogen-bond donors (Lipinski definition) is 4. The lowest BCUT2D eigenvalue weighted by molar-refractivity contribution is -0.134. The molecule has 352 valence electrons. The summed E-state index contributed by atoms with van der Waals surface area (Å²) in [4.78, 5) is 75.2. The minimum Gasteiger partial charge on any atom is -0.490 e. The Morgan fingerprint density at radius 1 is 0.843 bits per heavy atom. The van der Waals surface area contributed by atoms with Crippen LogP contribution in [0.25, 0.3) is 32.2 Å². The third kappa shape index (κ3) is 9.25. The van der Waals surface area contributed by atoms with Crippen LogP contribution in [-0.4, -0.2) is 74.2 Å². The molecule has 5 aromatic carbocycles. The molecule has 1 saturated heterocycles. The predicted molar refractivity (Wildman–Crippen MR) is 266 cm³/mol. The van der Waals surface area contributed by atoms with E-state index in [4.69, 9.17) is 9.47 Å². The number of thiazole rings is 1. The van der Waals surface area contributed by atoms with Crippen LogP contribution in [0.3, 0.4) is 0 Å². The number of imide groups is 1. The molecule has 1 unspecified atom stereocenters. The van der Waals surface area contributed by atoms with Crippen LogP contribution in [0.1, 0.15) is 67.6 Å². The number of benzene rings is 5. The number of aryl methyl sites for hydroxylation is 1. The molecule has 0 bridgehead atoms. The number of carboxylic acids is 1. The van der Waals surface area contributed by atoms with Gasteiger partial charge in [-0.25, -0.2) is 14.8 Å². The monoisotopic (exact) mass is 954 g/mol. The molecule has 8 aromatic rings. The minimum atomic E-state index is -1.17. The number of nitrogens with zero attached hydrogens (tertiary/aromatic N) is 5. The van der Waals surface area contributed by atoms with Gasteiger partial charge in [-0.05, 0) is 102 Å². The maximum Gasteiger partial charge on any atom is 0.355 e. The van der Waals surface area contributed by atoms with Crippen LogP contribution in [0.15, 0.2) is 115 Å². The molecule has 17 heteroatoms. The number of ether oxygens (including phenoxy) is 2. The minimum absolute atomic E-state index is 0.0962. The largest absolute Gasteiger partial charge is 0.490 e. The first-order valence-corrected chi connectivity index (χ1v) is 23.6. The van der Waals surface area contributed by atoms with Crippen molar-refractivity contribution in [3.05, 3.63) is 154 Å². The number of aromatic nitrogens is 4. The van der Waals surface area contributed by atoms with E-state index in [9.17, 15) is 29.1 Å². The molecule has 1 atom stereocenters. The number of fused-ring (bicyclic) bond motifs is 3. The van der Waals surface area contributed by atoms with E-state index in [-0.39, 0.29) is 55.4 Å². The maximum atomic E-state index is 13.6. The summed E-state index contributed by atoms with van der Waals surface area (Å²) in [5.41, 5.74) is 7.62. The normalized spacial score (nSPS) is 14.5. The highest BCUT2D eigenvalue weighted by Gasteiger charge is 2.32. The highest BCUT2D eigenvalue weighted by atomic mass is 32.1. The Bertz CT molecular complexity index is 3350. The number of piperidine rings is 1. The van der Waals surface area contributed by atoms with Gasteiger partial charge in [0.1, 0.15) is 30.5 Å². The highest BCUT2D eigenvalue weighted by Crippen LogP contribution is 2.36. The number of pyridine rings is 1. The van der Waals surface area contributed by atoms with Gasteiger partial charge in [-0.1, -0.05) is 72.0 Å². The molecule has 0 radical (unpaired) electrons. The number of carbonyl (C=O) groups excluding carboxylic acids is 4. The number of aromatic carboxylic acids is 1. The van der Waals surface area contributed by atoms with E-state index in [0.717, 1.165) is 37.9 Å². The second-order valence-corrected chi connectivity index (χ2v) is 18.2. The lowest BCUT2D eigenvalue weighted by atomic mass is 9.92. The van der Waals surface area contributed by atoms with Crippen LogP contribution >= 0.6 is 11.3 Å². The zero-order chi connectivity index (χ0) is 48.5. The van der Waals surface area contributed by atoms with E-state index >= 15 is 0 Å². The first-order valence-electron chi connectivity index (χ1n) is 22.8. The number of nitrogens with one attached hydrogen (secondary N) is 3. The molecule has 70 heavy (non-hydrogen) atoms. The zero-order valence-corrected chi connectivity index (χ0v) is 39.0. The van der Waals surface area contributed by atoms with E-state index in [2.05, 4.69) is 31.0 Å². The van der Waals surface area contributed by atoms with Gasteiger partial charge >= 0.3 is 5.97 Å². The lowest BCUT2D eigenvalue weighted by Gasteiger charge is -2.31. The van der Waals surface area contributed by atoms with Gasteiger partial charge in [-0.2, -0.15) is 5.10 Å². The lowest BCUT2D eigenvalue weighted by Crippen LogP contribution is -2.39. The van der Waals surface area contributed by atoms with E-state index in [1.807, 2.05) is 90.7 Å². The van der Waals surface area contributed by atoms with E-state index in [0.29, 0.717) is 82.0 Å². The summed E-state index contributed by atoms with van der Waals surface area (Å²) in [6.07, 6.45) is 1.37. The standard InChI is InChI=1S/C53H46N8O8S/c1-30-34(35-20-22-44(56-48(35)52(66)67)61-25-24-32-8-5-10-36(39(32)29-61)50(64)58-53-55-40-12-3-4-15-43(40)70-53)9-7-14-42(30)69-27-26-68-33-18-16-31(17-19-33)28-46(63)54-41-13-6-11-37-47(59-60(2)49(37)41)38-21-23-45(62)57-51(38)65/h3-20,22,38H,21,23-29H2,1-2H3,(H,54,63)(H,66,67)(H,55,58,64)(H,57,62,65). The molecule has 4 amide bonds. The second-order valence-electron chi connectivity index (χ2n) is 17.1. The van der Waals surface area contributed by atoms with Crippen molar-refractivity contribution in [1.29, 1.82) is 0 Å². The summed E-state index contributed by atoms with van der Waals surface area (Å²) < 4.78 is 14.7. The molecule has 4 N–H and O–H groups in total. The Morgan fingerprint density at radius 3 is 2.46 bits per heavy atom. The smallest absolute Gasteiger partial charge is 0.355 e. The summed E-state index contributed by atoms with van der Waals surface area (Å²) in [5.74, 6) is -1.21. The molecule has 1 fully saturated rings. The summed E-state index contributed by atoms with van der Waals surface area (Å²) in [6.45, 7) is 3.27. The van der Waals surface area contributed by atoms with Gasteiger partial charge in [-0.15, -0.1) is 0 Å². The summed E-state index contributed by atoms with van der Waals surface area (Å²) in [7, 11) is 1.76. The van der Waals surface area contributed by atoms with Gasteiger partial charge < -0.3 is 24.8 Å². The fraction of sp³-hybridized carbons (Fsp3) is 0.208. The average molecular weight is 955 g/mol. The first-order chi connectivity index (χ1) is 34.0. The Kier molecular flexibility index (Phi) is 12.5. The van der Waals surface area contributed by atoms with Crippen LogP contribution in [0.5, 0.6) is 11.5 Å². The molecule has 2 aliphatic rings. The number of hydrogen-bond acceptors (Lipinski definition) is 12. The Balaban J connectivity index is 0.749. The molecule has 16 nitrogen and oxygen atoms in total. The van der Waals surface area contributed by atoms with Crippen molar-refractivity contribution in [1.82, 2.24) is 25.1 Å². The third-order valence-electron chi connectivity index (χ3n) is 12.6. The van der Waals surface area contributed by atoms with Crippen LogP contribution < -0.4 is 30.3 Å². The number of amides is 4. The number of anilines is 3. The topological polar surface area (TPSA) is 207 Å². The maximum absolute atomic E-state index is 13.6. The van der Waals surface area contributed by atoms with Gasteiger partial charge in [0.05, 0.1) is 39.5 Å². The van der Waals surface area contributed by atoms with Crippen molar-refractivity contribution in [3.8, 4) is 22.6 Å². The fourth-order valence-electron chi connectivity index (χ4n) is 9.22. The predicted octanol–water partition coefficient (Wildman–Crippen LogP) is 8.23. The molecular weight excluding hydrogens is 909 g/mol. The Hall–Kier alpha value is -8.44. The van der Waals surface area contributed by atoms with Crippen molar-refractivity contribution in [2.45, 2.75) is 45.1 Å². The molecule has 0 saturated carbocycles. The molecular formula is C53H46N8O8S. The van der Waals surface area contributed by atoms with Gasteiger partial charge in [0.2, 0.25) is 17.7 Å². The molecule has 5 heterocycles. The molecule has 3 aromatic heterocycles. The van der Waals surface area contributed by atoms with Gasteiger partial charge in [0, 0.05) is 43.1 Å². The molecule has 10 rings (SSSR count). The van der Waals surface area contributed by atoms with Crippen LogP contribution in [0.2, 0.25) is 0 Å². The van der Waals surface area contributed by atoms with Crippen LogP contribution in [0, 0.1) is 6.92 Å². The number of carboxylic acid groups (broad SMARTS) is 1. The zero-order valence-electron chi connectivity index (χ0n) is 38.2. The van der Waals surface area contributed by atoms with Gasteiger partial charge in [0.15, 0.2) is 10.8 Å². The molecule has 2 aliphatic heterocycles. The van der Waals surface area contributed by atoms with Gasteiger partial charge in [0.25, 0.3) is 5.91 Å². The quantitative estimate of drug-likeness (QED) is 0.0601. The highest BCUT2D eigenvalue weighted by molar-refractivity contribution is 7.22. The molecule has 0 spiro atoms. The third-order valence-corrected chi connectivity index (χ3v) is 13.6. The summed E-state index contributed by atoms with van der Waals surface area (Å²) in [5, 5.41) is 24.7. The van der Waals surface area contributed by atoms with Crippen LogP contribution in [0.4, 0.5) is 16.6 Å². The van der Waals surface area contributed by atoms with Crippen molar-refractivity contribution in [3.63, 3.8) is 0 Å². The van der Waals surface area contributed by atoms with Crippen LogP contribution in [-0.2, 0) is 40.8 Å². The molecule has 0 aliphatic carbocycles. The van der Waals surface area contributed by atoms with Gasteiger partial charge in [-0.3, -0.25) is 34.5 Å². The number of rotatable bonds is 14. The summed E-state index contributed by atoms with van der Waals surface area (Å²) in [6, 6.07) is 35.2. The fourth-order valence-corrected chi connectivity index (χ4v) is 10.1.